The predicted octanol–water partition coefficient (Wildman–Crippen LogP) is 1.22. The summed E-state index contributed by atoms with van der Waals surface area (Å²) in [6, 6.07) is 5.94. The summed E-state index contributed by atoms with van der Waals surface area (Å²) in [6.07, 6.45) is 2.36. The molecular weight excluding hydrogens is 323 g/mol. The minimum Gasteiger partial charge on any atom is -0.373 e. The van der Waals surface area contributed by atoms with Crippen molar-refractivity contribution in [1.29, 1.82) is 0 Å². The van der Waals surface area contributed by atoms with E-state index in [0.29, 0.717) is 25.6 Å². The lowest BCUT2D eigenvalue weighted by Crippen LogP contribution is -2.47. The van der Waals surface area contributed by atoms with Crippen molar-refractivity contribution in [2.75, 3.05) is 33.3 Å². The summed E-state index contributed by atoms with van der Waals surface area (Å²) in [5, 5.41) is 9.23. The fourth-order valence-electron chi connectivity index (χ4n) is 2.70. The summed E-state index contributed by atoms with van der Waals surface area (Å²) in [6.45, 7) is 4.64. The molecule has 1 fully saturated rings. The molecule has 1 aromatic rings. The standard InChI is InChI=1S/C18H27FN4O2/c1-18(8-3-11-25-18)13-23-17(20-2)22-10-9-21-16(24)12-14-4-6-15(19)7-5-14/h4-7H,3,8-13H2,1-2H3,(H,21,24)(H2,20,22,23). The van der Waals surface area contributed by atoms with Gasteiger partial charge < -0.3 is 20.7 Å². The second kappa shape index (κ2) is 9.36. The Bertz CT molecular complexity index is 583. The first-order valence-corrected chi connectivity index (χ1v) is 8.60. The van der Waals surface area contributed by atoms with E-state index < -0.39 is 0 Å². The molecule has 3 N–H and O–H groups in total. The Hall–Kier alpha value is -2.15. The van der Waals surface area contributed by atoms with E-state index in [9.17, 15) is 9.18 Å². The maximum atomic E-state index is 12.8. The fraction of sp³-hybridized carbons (Fsp3) is 0.556. The lowest BCUT2D eigenvalue weighted by atomic mass is 10.0. The fourth-order valence-corrected chi connectivity index (χ4v) is 2.70. The van der Waals surface area contributed by atoms with E-state index >= 15 is 0 Å². The molecule has 7 heteroatoms. The van der Waals surface area contributed by atoms with Gasteiger partial charge in [-0.3, -0.25) is 9.79 Å². The average molecular weight is 350 g/mol. The number of aliphatic imine (C=N–C) groups is 1. The third-order valence-corrected chi connectivity index (χ3v) is 4.17. The quantitative estimate of drug-likeness (QED) is 0.393. The first-order chi connectivity index (χ1) is 12.0. The topological polar surface area (TPSA) is 74.8 Å². The Kier molecular flexibility index (Phi) is 7.18. The maximum Gasteiger partial charge on any atom is 0.224 e. The summed E-state index contributed by atoms with van der Waals surface area (Å²) in [5.41, 5.74) is 0.648. The van der Waals surface area contributed by atoms with Crippen LogP contribution in [0.1, 0.15) is 25.3 Å². The molecule has 0 aromatic heterocycles. The Balaban J connectivity index is 1.61. The highest BCUT2D eigenvalue weighted by Gasteiger charge is 2.29. The molecule has 0 bridgehead atoms. The van der Waals surface area contributed by atoms with Gasteiger partial charge in [0.1, 0.15) is 5.82 Å². The number of carbonyl (C=O) groups is 1. The monoisotopic (exact) mass is 350 g/mol. The number of hydrogen-bond acceptors (Lipinski definition) is 3. The summed E-state index contributed by atoms with van der Waals surface area (Å²) in [5.74, 6) is 0.289. The lowest BCUT2D eigenvalue weighted by molar-refractivity contribution is -0.120. The molecule has 0 spiro atoms. The minimum atomic E-state index is -0.302. The molecule has 0 aliphatic carbocycles. The van der Waals surface area contributed by atoms with Crippen molar-refractivity contribution < 1.29 is 13.9 Å². The number of guanidine groups is 1. The number of nitrogens with one attached hydrogen (secondary N) is 3. The van der Waals surface area contributed by atoms with Crippen LogP contribution in [0.15, 0.2) is 29.3 Å². The highest BCUT2D eigenvalue weighted by Crippen LogP contribution is 2.23. The van der Waals surface area contributed by atoms with Gasteiger partial charge in [0, 0.05) is 33.3 Å². The van der Waals surface area contributed by atoms with E-state index in [2.05, 4.69) is 27.9 Å². The summed E-state index contributed by atoms with van der Waals surface area (Å²) < 4.78 is 18.6. The van der Waals surface area contributed by atoms with Gasteiger partial charge in [-0.05, 0) is 37.5 Å². The van der Waals surface area contributed by atoms with Gasteiger partial charge in [-0.2, -0.15) is 0 Å². The molecule has 1 atom stereocenters. The van der Waals surface area contributed by atoms with Gasteiger partial charge in [0.05, 0.1) is 12.0 Å². The van der Waals surface area contributed by atoms with Crippen LogP contribution in [0.5, 0.6) is 0 Å². The van der Waals surface area contributed by atoms with Crippen LogP contribution < -0.4 is 16.0 Å². The van der Waals surface area contributed by atoms with E-state index in [4.69, 9.17) is 4.74 Å². The van der Waals surface area contributed by atoms with E-state index in [-0.39, 0.29) is 23.7 Å². The maximum absolute atomic E-state index is 12.8. The summed E-state index contributed by atoms with van der Waals surface area (Å²) >= 11 is 0. The smallest absolute Gasteiger partial charge is 0.224 e. The minimum absolute atomic E-state index is 0.0942. The Morgan fingerprint density at radius 2 is 1.96 bits per heavy atom. The SMILES string of the molecule is CN=C(NCCNC(=O)Cc1ccc(F)cc1)NCC1(C)CCCO1. The molecule has 1 saturated heterocycles. The number of hydrogen-bond donors (Lipinski definition) is 3. The molecule has 138 valence electrons. The largest absolute Gasteiger partial charge is 0.373 e. The van der Waals surface area contributed by atoms with Crippen LogP contribution in [-0.2, 0) is 16.0 Å². The molecule has 1 aromatic carbocycles. The number of rotatable bonds is 7. The van der Waals surface area contributed by atoms with Crippen molar-refractivity contribution in [2.45, 2.75) is 31.8 Å². The number of amides is 1. The second-order valence-corrected chi connectivity index (χ2v) is 6.41. The number of halogens is 1. The van der Waals surface area contributed by atoms with Gasteiger partial charge in [-0.1, -0.05) is 12.1 Å². The molecule has 1 heterocycles. The van der Waals surface area contributed by atoms with Crippen LogP contribution in [-0.4, -0.2) is 50.8 Å². The normalized spacial score (nSPS) is 20.4. The van der Waals surface area contributed by atoms with Crippen molar-refractivity contribution in [3.05, 3.63) is 35.6 Å². The number of nitrogens with zero attached hydrogens (tertiary/aromatic N) is 1. The lowest BCUT2D eigenvalue weighted by Gasteiger charge is -2.24. The Labute approximate surface area is 148 Å². The van der Waals surface area contributed by atoms with Crippen molar-refractivity contribution in [3.8, 4) is 0 Å². The summed E-state index contributed by atoms with van der Waals surface area (Å²) in [7, 11) is 1.71. The van der Waals surface area contributed by atoms with Gasteiger partial charge in [0.15, 0.2) is 5.96 Å². The van der Waals surface area contributed by atoms with Crippen LogP contribution in [0, 0.1) is 5.82 Å². The van der Waals surface area contributed by atoms with Gasteiger partial charge in [0.2, 0.25) is 5.91 Å². The van der Waals surface area contributed by atoms with Crippen molar-refractivity contribution in [3.63, 3.8) is 0 Å². The second-order valence-electron chi connectivity index (χ2n) is 6.41. The molecule has 6 nitrogen and oxygen atoms in total. The van der Waals surface area contributed by atoms with Crippen molar-refractivity contribution >= 4 is 11.9 Å². The zero-order valence-corrected chi connectivity index (χ0v) is 14.9. The molecule has 1 unspecified atom stereocenters. The Morgan fingerprint density at radius 1 is 1.24 bits per heavy atom. The zero-order valence-electron chi connectivity index (χ0n) is 14.9. The van der Waals surface area contributed by atoms with E-state index in [1.807, 2.05) is 0 Å². The van der Waals surface area contributed by atoms with E-state index in [1.54, 1.807) is 19.2 Å². The van der Waals surface area contributed by atoms with Crippen LogP contribution in [0.3, 0.4) is 0 Å². The molecule has 0 radical (unpaired) electrons. The van der Waals surface area contributed by atoms with E-state index in [1.165, 1.54) is 12.1 Å². The van der Waals surface area contributed by atoms with Gasteiger partial charge in [-0.25, -0.2) is 4.39 Å². The molecule has 1 aliphatic heterocycles. The van der Waals surface area contributed by atoms with Crippen molar-refractivity contribution in [1.82, 2.24) is 16.0 Å². The molecular formula is C18H27FN4O2. The first kappa shape index (κ1) is 19.2. The van der Waals surface area contributed by atoms with Gasteiger partial charge >= 0.3 is 0 Å². The third kappa shape index (κ3) is 6.70. The number of benzene rings is 1. The van der Waals surface area contributed by atoms with Crippen LogP contribution in [0.4, 0.5) is 4.39 Å². The van der Waals surface area contributed by atoms with Crippen LogP contribution >= 0.6 is 0 Å². The molecule has 1 aliphatic rings. The van der Waals surface area contributed by atoms with E-state index in [0.717, 1.165) is 25.0 Å². The molecule has 0 saturated carbocycles. The summed E-state index contributed by atoms with van der Waals surface area (Å²) in [4.78, 5) is 16.0. The molecule has 25 heavy (non-hydrogen) atoms. The van der Waals surface area contributed by atoms with Crippen LogP contribution in [0.25, 0.3) is 0 Å². The number of ether oxygens (including phenoxy) is 1. The highest BCUT2D eigenvalue weighted by molar-refractivity contribution is 5.80. The van der Waals surface area contributed by atoms with Crippen molar-refractivity contribution in [2.24, 2.45) is 4.99 Å². The average Bonchev–Trinajstić information content (AvgIpc) is 3.03. The van der Waals surface area contributed by atoms with Gasteiger partial charge in [-0.15, -0.1) is 0 Å². The van der Waals surface area contributed by atoms with Crippen LogP contribution in [0.2, 0.25) is 0 Å². The molecule has 2 rings (SSSR count). The number of carbonyl (C=O) groups excluding carboxylic acids is 1. The third-order valence-electron chi connectivity index (χ3n) is 4.17. The first-order valence-electron chi connectivity index (χ1n) is 8.60. The predicted molar refractivity (Wildman–Crippen MR) is 96.1 cm³/mol. The zero-order chi connectivity index (χ0) is 18.1. The highest BCUT2D eigenvalue weighted by atomic mass is 19.1. The molecule has 1 amide bonds. The van der Waals surface area contributed by atoms with Gasteiger partial charge in [0.25, 0.3) is 0 Å². The Morgan fingerprint density at radius 3 is 2.60 bits per heavy atom.